The molecule has 0 N–H and O–H groups in total. The Morgan fingerprint density at radius 2 is 1.96 bits per heavy atom. The van der Waals surface area contributed by atoms with Crippen LogP contribution < -0.4 is 0 Å². The number of rotatable bonds is 5. The summed E-state index contributed by atoms with van der Waals surface area (Å²) < 4.78 is 37.7. The molecule has 1 aromatic carbocycles. The number of nitrogens with zero attached hydrogens (tertiary/aromatic N) is 1. The van der Waals surface area contributed by atoms with Crippen LogP contribution in [0.25, 0.3) is 0 Å². The van der Waals surface area contributed by atoms with E-state index < -0.39 is 33.4 Å². The van der Waals surface area contributed by atoms with Crippen molar-refractivity contribution in [3.63, 3.8) is 0 Å². The van der Waals surface area contributed by atoms with Crippen molar-refractivity contribution in [2.75, 3.05) is 6.61 Å². The van der Waals surface area contributed by atoms with E-state index in [9.17, 15) is 18.0 Å². The predicted octanol–water partition coefficient (Wildman–Crippen LogP) is 2.61. The van der Waals surface area contributed by atoms with Gasteiger partial charge in [0.15, 0.2) is 5.54 Å². The molecule has 3 rings (SSSR count). The number of esters is 1. The highest BCUT2D eigenvalue weighted by atomic mass is 32.2. The fourth-order valence-corrected chi connectivity index (χ4v) is 5.16. The maximum atomic E-state index is 13.3. The van der Waals surface area contributed by atoms with E-state index in [1.165, 1.54) is 25.3 Å². The van der Waals surface area contributed by atoms with Gasteiger partial charge in [-0.15, -0.1) is 0 Å². The van der Waals surface area contributed by atoms with Crippen LogP contribution in [-0.2, 0) is 24.3 Å². The summed E-state index contributed by atoms with van der Waals surface area (Å²) in [4.78, 5) is 25.6. The average molecular weight is 391 g/mol. The molecule has 0 radical (unpaired) electrons. The zero-order valence-corrected chi connectivity index (χ0v) is 16.2. The molecule has 7 nitrogen and oxygen atoms in total. The van der Waals surface area contributed by atoms with Gasteiger partial charge in [-0.2, -0.15) is 0 Å². The Morgan fingerprint density at radius 3 is 2.52 bits per heavy atom. The monoisotopic (exact) mass is 391 g/mol. The molecule has 1 saturated heterocycles. The number of furan rings is 1. The standard InChI is InChI=1S/C19H21NO6S/c1-4-25-18(22)19(3)15(16-6-5-11-26-16)12-17(21)20(19)27(23,24)14-9-7-13(2)8-10-14/h5-11,15H,4,12H2,1-3H3/t15-,19+/m1/s1. The van der Waals surface area contributed by atoms with E-state index in [1.54, 1.807) is 31.2 Å². The first-order valence-electron chi connectivity index (χ1n) is 8.58. The van der Waals surface area contributed by atoms with Crippen LogP contribution in [0.15, 0.2) is 52.0 Å². The lowest BCUT2D eigenvalue weighted by Crippen LogP contribution is -2.55. The van der Waals surface area contributed by atoms with E-state index in [0.717, 1.165) is 5.56 Å². The van der Waals surface area contributed by atoms with Crippen LogP contribution >= 0.6 is 0 Å². The predicted molar refractivity (Wildman–Crippen MR) is 96.3 cm³/mol. The Labute approximate surface area is 158 Å². The molecule has 1 aromatic heterocycles. The third-order valence-corrected chi connectivity index (χ3v) is 6.77. The molecule has 1 aliphatic heterocycles. The van der Waals surface area contributed by atoms with Crippen molar-refractivity contribution >= 4 is 21.9 Å². The molecular formula is C19H21NO6S. The fourth-order valence-electron chi connectivity index (χ4n) is 3.43. The lowest BCUT2D eigenvalue weighted by atomic mass is 9.85. The molecule has 27 heavy (non-hydrogen) atoms. The molecule has 1 aliphatic rings. The SMILES string of the molecule is CCOC(=O)[C@]1(C)[C@@H](c2ccco2)CC(=O)N1S(=O)(=O)c1ccc(C)cc1. The number of carbonyl (C=O) groups excluding carboxylic acids is 2. The highest BCUT2D eigenvalue weighted by Crippen LogP contribution is 2.46. The van der Waals surface area contributed by atoms with Gasteiger partial charge in [0.1, 0.15) is 5.76 Å². The molecule has 0 unspecified atom stereocenters. The zero-order valence-electron chi connectivity index (χ0n) is 15.3. The van der Waals surface area contributed by atoms with Gasteiger partial charge in [-0.25, -0.2) is 17.5 Å². The van der Waals surface area contributed by atoms with Crippen LogP contribution in [0.4, 0.5) is 0 Å². The van der Waals surface area contributed by atoms with Crippen LogP contribution in [0.5, 0.6) is 0 Å². The average Bonchev–Trinajstić information content (AvgIpc) is 3.22. The van der Waals surface area contributed by atoms with Crippen LogP contribution in [0, 0.1) is 6.92 Å². The number of aryl methyl sites for hydroxylation is 1. The minimum Gasteiger partial charge on any atom is -0.469 e. The quantitative estimate of drug-likeness (QED) is 0.727. The summed E-state index contributed by atoms with van der Waals surface area (Å²) in [5.41, 5.74) is -0.863. The van der Waals surface area contributed by atoms with Crippen molar-refractivity contribution in [2.45, 2.75) is 43.5 Å². The molecule has 1 fully saturated rings. The lowest BCUT2D eigenvalue weighted by molar-refractivity contribution is -0.155. The number of hydrogen-bond acceptors (Lipinski definition) is 6. The summed E-state index contributed by atoms with van der Waals surface area (Å²) in [6.07, 6.45) is 1.25. The number of hydrogen-bond donors (Lipinski definition) is 0. The van der Waals surface area contributed by atoms with E-state index in [0.29, 0.717) is 10.1 Å². The number of carbonyl (C=O) groups is 2. The zero-order chi connectivity index (χ0) is 19.8. The van der Waals surface area contributed by atoms with E-state index in [1.807, 2.05) is 6.92 Å². The summed E-state index contributed by atoms with van der Waals surface area (Å²) in [7, 11) is -4.26. The van der Waals surface area contributed by atoms with E-state index >= 15 is 0 Å². The molecule has 8 heteroatoms. The maximum absolute atomic E-state index is 13.3. The van der Waals surface area contributed by atoms with E-state index in [4.69, 9.17) is 9.15 Å². The number of ether oxygens (including phenoxy) is 1. The molecule has 144 valence electrons. The van der Waals surface area contributed by atoms with Gasteiger partial charge in [0, 0.05) is 6.42 Å². The van der Waals surface area contributed by atoms with Crippen LogP contribution in [0.3, 0.4) is 0 Å². The van der Waals surface area contributed by atoms with Crippen molar-refractivity contribution in [3.05, 3.63) is 54.0 Å². The van der Waals surface area contributed by atoms with Gasteiger partial charge in [0.05, 0.1) is 23.7 Å². The Bertz CT molecular complexity index is 949. The highest BCUT2D eigenvalue weighted by Gasteiger charge is 2.61. The minimum atomic E-state index is -4.26. The van der Waals surface area contributed by atoms with Gasteiger partial charge < -0.3 is 9.15 Å². The van der Waals surface area contributed by atoms with Crippen LogP contribution in [0.2, 0.25) is 0 Å². The topological polar surface area (TPSA) is 93.9 Å². The van der Waals surface area contributed by atoms with Crippen molar-refractivity contribution < 1.29 is 27.2 Å². The third kappa shape index (κ3) is 3.03. The Balaban J connectivity index is 2.15. The van der Waals surface area contributed by atoms with Crippen molar-refractivity contribution in [1.29, 1.82) is 0 Å². The fraction of sp³-hybridized carbons (Fsp3) is 0.368. The second kappa shape index (κ2) is 6.84. The van der Waals surface area contributed by atoms with Crippen LogP contribution in [-0.4, -0.2) is 36.7 Å². The maximum Gasteiger partial charge on any atom is 0.333 e. The Morgan fingerprint density at radius 1 is 1.30 bits per heavy atom. The summed E-state index contributed by atoms with van der Waals surface area (Å²) >= 11 is 0. The molecule has 0 spiro atoms. The molecule has 0 saturated carbocycles. The molecule has 1 amide bonds. The van der Waals surface area contributed by atoms with Gasteiger partial charge in [-0.05, 0) is 45.0 Å². The smallest absolute Gasteiger partial charge is 0.333 e. The molecule has 2 aromatic rings. The first kappa shape index (κ1) is 19.2. The van der Waals surface area contributed by atoms with Gasteiger partial charge in [0.2, 0.25) is 5.91 Å². The summed E-state index contributed by atoms with van der Waals surface area (Å²) in [6, 6.07) is 9.37. The van der Waals surface area contributed by atoms with Gasteiger partial charge in [-0.3, -0.25) is 4.79 Å². The summed E-state index contributed by atoms with van der Waals surface area (Å²) in [5.74, 6) is -1.87. The summed E-state index contributed by atoms with van der Waals surface area (Å²) in [6.45, 7) is 4.92. The van der Waals surface area contributed by atoms with Crippen LogP contribution in [0.1, 0.15) is 37.5 Å². The second-order valence-electron chi connectivity index (χ2n) is 6.62. The Hall–Kier alpha value is -2.61. The van der Waals surface area contributed by atoms with Gasteiger partial charge >= 0.3 is 5.97 Å². The number of sulfonamides is 1. The molecule has 0 bridgehead atoms. The normalized spacial score (nSPS) is 22.9. The largest absolute Gasteiger partial charge is 0.469 e. The summed E-state index contributed by atoms with van der Waals surface area (Å²) in [5, 5.41) is 0. The minimum absolute atomic E-state index is 0.0583. The van der Waals surface area contributed by atoms with Crippen molar-refractivity contribution in [2.24, 2.45) is 0 Å². The second-order valence-corrected chi connectivity index (χ2v) is 8.40. The highest BCUT2D eigenvalue weighted by molar-refractivity contribution is 7.89. The molecule has 2 atom stereocenters. The van der Waals surface area contributed by atoms with E-state index in [-0.39, 0.29) is 17.9 Å². The number of benzene rings is 1. The first-order chi connectivity index (χ1) is 12.7. The van der Waals surface area contributed by atoms with Crippen molar-refractivity contribution in [1.82, 2.24) is 4.31 Å². The first-order valence-corrected chi connectivity index (χ1v) is 10.0. The van der Waals surface area contributed by atoms with Gasteiger partial charge in [0.25, 0.3) is 10.0 Å². The van der Waals surface area contributed by atoms with E-state index in [2.05, 4.69) is 0 Å². The lowest BCUT2D eigenvalue weighted by Gasteiger charge is -2.35. The van der Waals surface area contributed by atoms with Crippen molar-refractivity contribution in [3.8, 4) is 0 Å². The van der Waals surface area contributed by atoms with Gasteiger partial charge in [-0.1, -0.05) is 17.7 Å². The molecule has 0 aliphatic carbocycles. The third-order valence-electron chi connectivity index (χ3n) is 4.84. The number of amides is 1. The molecular weight excluding hydrogens is 370 g/mol. The molecule has 2 heterocycles. The Kier molecular flexibility index (Phi) is 4.86.